The van der Waals surface area contributed by atoms with Crippen LogP contribution in [0.1, 0.15) is 34.1 Å². The van der Waals surface area contributed by atoms with Crippen LogP contribution in [0, 0.1) is 0 Å². The van der Waals surface area contributed by atoms with Crippen LogP contribution in [-0.4, -0.2) is 42.6 Å². The van der Waals surface area contributed by atoms with E-state index >= 15 is 0 Å². The van der Waals surface area contributed by atoms with Crippen molar-refractivity contribution in [3.63, 3.8) is 0 Å². The van der Waals surface area contributed by atoms with Crippen LogP contribution in [-0.2, 0) is 9.53 Å². The molecule has 0 aromatic carbocycles. The predicted molar refractivity (Wildman–Crippen MR) is 62.2 cm³/mol. The van der Waals surface area contributed by atoms with Gasteiger partial charge in [-0.25, -0.2) is 4.79 Å². The lowest BCUT2D eigenvalue weighted by Gasteiger charge is -2.18. The Hall–Kier alpha value is -1.26. The number of nitrogens with zero attached hydrogens (tertiary/aromatic N) is 1. The van der Waals surface area contributed by atoms with Crippen LogP contribution in [0.4, 0.5) is 4.79 Å². The molecule has 0 aliphatic carbocycles. The van der Waals surface area contributed by atoms with Gasteiger partial charge >= 0.3 is 6.09 Å². The highest BCUT2D eigenvalue weighted by Gasteiger charge is 2.10. The monoisotopic (exact) mass is 230 g/mol. The van der Waals surface area contributed by atoms with Gasteiger partial charge in [0, 0.05) is 26.1 Å². The average Bonchev–Trinajstić information content (AvgIpc) is 2.18. The van der Waals surface area contributed by atoms with Crippen molar-refractivity contribution in [2.75, 3.05) is 19.6 Å². The number of carbonyl (C=O) groups excluding carboxylic acids is 2. The molecule has 94 valence electrons. The summed E-state index contributed by atoms with van der Waals surface area (Å²) in [7, 11) is 0. The van der Waals surface area contributed by atoms with E-state index in [0.29, 0.717) is 26.1 Å². The summed E-state index contributed by atoms with van der Waals surface area (Å²) in [5.74, 6) is 0.0508. The fraction of sp³-hybridized carbons (Fsp3) is 0.818. The van der Waals surface area contributed by atoms with Crippen molar-refractivity contribution in [2.24, 2.45) is 0 Å². The van der Waals surface area contributed by atoms with Gasteiger partial charge in [-0.05, 0) is 27.7 Å². The standard InChI is InChI=1S/C11H22N2O3/c1-5-13(6-2)10(14)7-8-12-11(15)16-9(3)4/h9H,5-8H2,1-4H3,(H,12,15). The molecule has 0 radical (unpaired) electrons. The molecular weight excluding hydrogens is 208 g/mol. The summed E-state index contributed by atoms with van der Waals surface area (Å²) < 4.78 is 4.87. The van der Waals surface area contributed by atoms with Gasteiger partial charge in [0.15, 0.2) is 0 Å². The molecule has 0 saturated heterocycles. The molecule has 0 saturated carbocycles. The van der Waals surface area contributed by atoms with Gasteiger partial charge in [0.05, 0.1) is 6.10 Å². The summed E-state index contributed by atoms with van der Waals surface area (Å²) in [4.78, 5) is 24.4. The smallest absolute Gasteiger partial charge is 0.407 e. The Balaban J connectivity index is 3.73. The van der Waals surface area contributed by atoms with Crippen LogP contribution in [0.3, 0.4) is 0 Å². The molecule has 2 amide bonds. The molecule has 0 aliphatic heterocycles. The normalized spacial score (nSPS) is 10.1. The van der Waals surface area contributed by atoms with Crippen molar-refractivity contribution in [1.82, 2.24) is 10.2 Å². The van der Waals surface area contributed by atoms with E-state index in [1.165, 1.54) is 0 Å². The van der Waals surface area contributed by atoms with E-state index in [1.807, 2.05) is 13.8 Å². The zero-order valence-electron chi connectivity index (χ0n) is 10.6. The van der Waals surface area contributed by atoms with E-state index in [4.69, 9.17) is 4.74 Å². The number of hydrogen-bond donors (Lipinski definition) is 1. The van der Waals surface area contributed by atoms with Crippen LogP contribution in [0.2, 0.25) is 0 Å². The minimum atomic E-state index is -0.470. The first-order valence-electron chi connectivity index (χ1n) is 5.73. The van der Waals surface area contributed by atoms with Crippen molar-refractivity contribution < 1.29 is 14.3 Å². The molecule has 5 nitrogen and oxygen atoms in total. The summed E-state index contributed by atoms with van der Waals surface area (Å²) >= 11 is 0. The summed E-state index contributed by atoms with van der Waals surface area (Å²) in [5, 5.41) is 2.54. The van der Waals surface area contributed by atoms with Gasteiger partial charge in [-0.2, -0.15) is 0 Å². The molecule has 0 fully saturated rings. The fourth-order valence-corrected chi connectivity index (χ4v) is 1.26. The number of alkyl carbamates (subject to hydrolysis) is 1. The van der Waals surface area contributed by atoms with Crippen molar-refractivity contribution in [2.45, 2.75) is 40.2 Å². The molecule has 16 heavy (non-hydrogen) atoms. The summed E-state index contributed by atoms with van der Waals surface area (Å²) in [6, 6.07) is 0. The lowest BCUT2D eigenvalue weighted by Crippen LogP contribution is -2.35. The van der Waals surface area contributed by atoms with E-state index in [0.717, 1.165) is 0 Å². The SMILES string of the molecule is CCN(CC)C(=O)CCNC(=O)OC(C)C. The zero-order valence-corrected chi connectivity index (χ0v) is 10.6. The molecule has 0 aromatic rings. The molecule has 0 atom stereocenters. The molecule has 0 aromatic heterocycles. The zero-order chi connectivity index (χ0) is 12.6. The van der Waals surface area contributed by atoms with Crippen LogP contribution in [0.25, 0.3) is 0 Å². The molecule has 0 bridgehead atoms. The Labute approximate surface area is 97.1 Å². The Morgan fingerprint density at radius 3 is 2.25 bits per heavy atom. The second kappa shape index (κ2) is 7.96. The van der Waals surface area contributed by atoms with E-state index in [2.05, 4.69) is 5.32 Å². The Kier molecular flexibility index (Phi) is 7.33. The molecular formula is C11H22N2O3. The largest absolute Gasteiger partial charge is 0.447 e. The first-order chi connectivity index (χ1) is 7.51. The number of amides is 2. The third-order valence-electron chi connectivity index (χ3n) is 2.07. The van der Waals surface area contributed by atoms with Crippen LogP contribution in [0.5, 0.6) is 0 Å². The van der Waals surface area contributed by atoms with Gasteiger partial charge in [-0.3, -0.25) is 4.79 Å². The quantitative estimate of drug-likeness (QED) is 0.750. The van der Waals surface area contributed by atoms with Crippen molar-refractivity contribution >= 4 is 12.0 Å². The van der Waals surface area contributed by atoms with Gasteiger partial charge < -0.3 is 15.0 Å². The summed E-state index contributed by atoms with van der Waals surface area (Å²) in [6.07, 6.45) is -0.296. The first kappa shape index (κ1) is 14.7. The molecule has 5 heteroatoms. The maximum absolute atomic E-state index is 11.5. The lowest BCUT2D eigenvalue weighted by atomic mass is 10.3. The summed E-state index contributed by atoms with van der Waals surface area (Å²) in [5.41, 5.74) is 0. The topological polar surface area (TPSA) is 58.6 Å². The number of rotatable bonds is 6. The molecule has 0 heterocycles. The third-order valence-corrected chi connectivity index (χ3v) is 2.07. The Morgan fingerprint density at radius 1 is 1.25 bits per heavy atom. The molecule has 1 N–H and O–H groups in total. The molecule has 0 aliphatic rings. The third kappa shape index (κ3) is 6.27. The van der Waals surface area contributed by atoms with E-state index in [-0.39, 0.29) is 12.0 Å². The number of hydrogen-bond acceptors (Lipinski definition) is 3. The van der Waals surface area contributed by atoms with Crippen LogP contribution >= 0.6 is 0 Å². The molecule has 0 rings (SSSR count). The molecule has 0 spiro atoms. The van der Waals surface area contributed by atoms with Crippen LogP contribution in [0.15, 0.2) is 0 Å². The Bertz CT molecular complexity index is 225. The van der Waals surface area contributed by atoms with Crippen molar-refractivity contribution in [1.29, 1.82) is 0 Å². The minimum absolute atomic E-state index is 0.0508. The highest BCUT2D eigenvalue weighted by molar-refractivity contribution is 5.77. The van der Waals surface area contributed by atoms with Crippen molar-refractivity contribution in [3.05, 3.63) is 0 Å². The van der Waals surface area contributed by atoms with Gasteiger partial charge in [0.2, 0.25) is 5.91 Å². The van der Waals surface area contributed by atoms with E-state index < -0.39 is 6.09 Å². The maximum Gasteiger partial charge on any atom is 0.407 e. The number of ether oxygens (including phenoxy) is 1. The lowest BCUT2D eigenvalue weighted by molar-refractivity contribution is -0.130. The second-order valence-corrected chi connectivity index (χ2v) is 3.70. The van der Waals surface area contributed by atoms with Crippen molar-refractivity contribution in [3.8, 4) is 0 Å². The maximum atomic E-state index is 11.5. The van der Waals surface area contributed by atoms with Gasteiger partial charge in [-0.1, -0.05) is 0 Å². The predicted octanol–water partition coefficient (Wildman–Crippen LogP) is 1.38. The number of nitrogens with one attached hydrogen (secondary N) is 1. The first-order valence-corrected chi connectivity index (χ1v) is 5.73. The second-order valence-electron chi connectivity index (χ2n) is 3.70. The van der Waals surface area contributed by atoms with E-state index in [9.17, 15) is 9.59 Å². The highest BCUT2D eigenvalue weighted by atomic mass is 16.6. The summed E-state index contributed by atoms with van der Waals surface area (Å²) in [6.45, 7) is 9.14. The van der Waals surface area contributed by atoms with E-state index in [1.54, 1.807) is 18.7 Å². The minimum Gasteiger partial charge on any atom is -0.447 e. The van der Waals surface area contributed by atoms with Gasteiger partial charge in [0.1, 0.15) is 0 Å². The van der Waals surface area contributed by atoms with Crippen LogP contribution < -0.4 is 5.32 Å². The van der Waals surface area contributed by atoms with Gasteiger partial charge in [-0.15, -0.1) is 0 Å². The highest BCUT2D eigenvalue weighted by Crippen LogP contribution is 1.93. The van der Waals surface area contributed by atoms with Gasteiger partial charge in [0.25, 0.3) is 0 Å². The number of carbonyl (C=O) groups is 2. The Morgan fingerprint density at radius 2 is 1.81 bits per heavy atom. The average molecular weight is 230 g/mol. The molecule has 0 unspecified atom stereocenters. The fourth-order valence-electron chi connectivity index (χ4n) is 1.26.